The number of amides is 3. The van der Waals surface area contributed by atoms with E-state index in [-0.39, 0.29) is 48.9 Å². The number of para-hydroxylation sites is 1. The molecule has 0 bridgehead atoms. The second-order valence-corrected chi connectivity index (χ2v) is 11.2. The highest BCUT2D eigenvalue weighted by molar-refractivity contribution is 6.07. The van der Waals surface area contributed by atoms with Gasteiger partial charge in [0.25, 0.3) is 17.7 Å². The Balaban J connectivity index is 1.57. The number of nitrogens with one attached hydrogen (secondary N) is 1. The van der Waals surface area contributed by atoms with E-state index >= 15 is 0 Å². The van der Waals surface area contributed by atoms with Gasteiger partial charge in [0.05, 0.1) is 30.5 Å². The third kappa shape index (κ3) is 5.88. The summed E-state index contributed by atoms with van der Waals surface area (Å²) in [5.41, 5.74) is -0.458. The molecular formula is C34H28F4N6O4. The molecule has 0 saturated carbocycles. The highest BCUT2D eigenvalue weighted by Crippen LogP contribution is 2.44. The number of fused-ring (bicyclic) bond motifs is 1. The van der Waals surface area contributed by atoms with E-state index in [0.717, 1.165) is 24.3 Å². The van der Waals surface area contributed by atoms with Gasteiger partial charge in [0.1, 0.15) is 23.7 Å². The second-order valence-electron chi connectivity index (χ2n) is 11.2. The lowest BCUT2D eigenvalue weighted by Crippen LogP contribution is -2.56. The third-order valence-electron chi connectivity index (χ3n) is 8.35. The number of carbonyl (C=O) groups excluding carboxylic acids is 3. The number of carbonyl (C=O) groups is 3. The lowest BCUT2D eigenvalue weighted by Gasteiger charge is -2.39. The van der Waals surface area contributed by atoms with Gasteiger partial charge in [0.15, 0.2) is 5.69 Å². The Bertz CT molecular complexity index is 1910. The molecule has 0 aliphatic carbocycles. The summed E-state index contributed by atoms with van der Waals surface area (Å²) in [5.74, 6) is -3.73. The maximum absolute atomic E-state index is 14.4. The Hall–Kier alpha value is -5.55. The maximum atomic E-state index is 14.4. The monoisotopic (exact) mass is 660 g/mol. The van der Waals surface area contributed by atoms with Crippen LogP contribution in [0.25, 0.3) is 5.69 Å². The number of hydrogen-bond acceptors (Lipinski definition) is 6. The van der Waals surface area contributed by atoms with Crippen molar-refractivity contribution in [2.24, 2.45) is 0 Å². The highest BCUT2D eigenvalue weighted by atomic mass is 19.4. The average molecular weight is 661 g/mol. The molecule has 4 aromatic rings. The van der Waals surface area contributed by atoms with Crippen LogP contribution in [0.5, 0.6) is 0 Å². The summed E-state index contributed by atoms with van der Waals surface area (Å²) in [4.78, 5) is 45.0. The first-order valence-electron chi connectivity index (χ1n) is 15.0. The number of likely N-dealkylation sites (N-methyl/N-ethyl adjacent to an activating group) is 1. The second kappa shape index (κ2) is 12.9. The number of rotatable bonds is 6. The number of alkyl halides is 3. The van der Waals surface area contributed by atoms with E-state index in [2.05, 4.69) is 11.4 Å². The first kappa shape index (κ1) is 32.4. The molecule has 48 heavy (non-hydrogen) atoms. The van der Waals surface area contributed by atoms with Gasteiger partial charge in [-0.3, -0.25) is 19.3 Å². The van der Waals surface area contributed by atoms with Crippen molar-refractivity contribution in [2.75, 3.05) is 31.2 Å². The summed E-state index contributed by atoms with van der Waals surface area (Å²) in [6.45, 7) is 1.96. The summed E-state index contributed by atoms with van der Waals surface area (Å²) in [5, 5.41) is 17.1. The minimum Gasteiger partial charge on any atom is -0.376 e. The zero-order chi connectivity index (χ0) is 34.2. The number of nitriles is 1. The zero-order valence-electron chi connectivity index (χ0n) is 25.4. The minimum atomic E-state index is -4.72. The van der Waals surface area contributed by atoms with Gasteiger partial charge in [-0.05, 0) is 55.0 Å². The molecule has 1 fully saturated rings. The number of aromatic nitrogens is 2. The molecule has 3 heterocycles. The molecule has 1 aromatic heterocycles. The normalized spacial score (nSPS) is 19.4. The van der Waals surface area contributed by atoms with Crippen LogP contribution in [-0.2, 0) is 15.7 Å². The molecule has 3 atom stereocenters. The molecular weight excluding hydrogens is 632 g/mol. The largest absolute Gasteiger partial charge is 0.416 e. The number of nitrogens with zero attached hydrogens (tertiary/aromatic N) is 5. The van der Waals surface area contributed by atoms with Gasteiger partial charge in [-0.1, -0.05) is 36.4 Å². The van der Waals surface area contributed by atoms with Gasteiger partial charge in [0, 0.05) is 30.1 Å². The molecule has 0 unspecified atom stereocenters. The molecule has 14 heteroatoms. The molecule has 1 N–H and O–H groups in total. The molecule has 3 aromatic carbocycles. The molecule has 0 radical (unpaired) electrons. The Morgan fingerprint density at radius 3 is 2.46 bits per heavy atom. The average Bonchev–Trinajstić information content (AvgIpc) is 3.48. The molecule has 2 aliphatic heterocycles. The number of morpholine rings is 1. The van der Waals surface area contributed by atoms with E-state index in [1.807, 2.05) is 0 Å². The van der Waals surface area contributed by atoms with Gasteiger partial charge in [-0.15, -0.1) is 0 Å². The van der Waals surface area contributed by atoms with Crippen molar-refractivity contribution in [3.8, 4) is 11.8 Å². The van der Waals surface area contributed by atoms with Crippen molar-refractivity contribution in [1.82, 2.24) is 20.0 Å². The molecule has 6 rings (SSSR count). The number of anilines is 1. The minimum absolute atomic E-state index is 0.0273. The fourth-order valence-electron chi connectivity index (χ4n) is 6.09. The predicted molar refractivity (Wildman–Crippen MR) is 164 cm³/mol. The first-order chi connectivity index (χ1) is 23.0. The summed E-state index contributed by atoms with van der Waals surface area (Å²) < 4.78 is 61.6. The van der Waals surface area contributed by atoms with Crippen LogP contribution in [-0.4, -0.2) is 70.8 Å². The number of ether oxygens (including phenoxy) is 1. The quantitative estimate of drug-likeness (QED) is 0.300. The smallest absolute Gasteiger partial charge is 0.376 e. The van der Waals surface area contributed by atoms with E-state index in [1.54, 1.807) is 37.3 Å². The van der Waals surface area contributed by atoms with Crippen molar-refractivity contribution in [3.63, 3.8) is 0 Å². The Labute approximate surface area is 272 Å². The number of hydrogen-bond donors (Lipinski definition) is 1. The van der Waals surface area contributed by atoms with E-state index < -0.39 is 53.3 Å². The van der Waals surface area contributed by atoms with Gasteiger partial charge >= 0.3 is 6.18 Å². The van der Waals surface area contributed by atoms with Crippen molar-refractivity contribution >= 4 is 23.5 Å². The number of halogens is 4. The summed E-state index contributed by atoms with van der Waals surface area (Å²) in [6.07, 6.45) is -4.72. The van der Waals surface area contributed by atoms with Crippen LogP contribution < -0.4 is 10.2 Å². The predicted octanol–water partition coefficient (Wildman–Crippen LogP) is 4.69. The van der Waals surface area contributed by atoms with E-state index in [1.165, 1.54) is 32.7 Å². The van der Waals surface area contributed by atoms with Crippen molar-refractivity contribution < 1.29 is 36.7 Å². The van der Waals surface area contributed by atoms with E-state index in [9.17, 15) is 37.2 Å². The van der Waals surface area contributed by atoms with Gasteiger partial charge in [-0.25, -0.2) is 9.07 Å². The topological polar surface area (TPSA) is 121 Å². The molecule has 1 saturated heterocycles. The van der Waals surface area contributed by atoms with Crippen LogP contribution in [0.15, 0.2) is 78.9 Å². The SMILES string of the molecule is CCN1C(=O)[C@@H](NC(=O)c2cccc(C(F)(F)F)c2)[C@@H](c2ccc(F)cc2)c2c(C(=O)N3CCOC[C@H]3C#N)nn(-c3ccccc3)c21. The summed E-state index contributed by atoms with van der Waals surface area (Å²) >= 11 is 0. The van der Waals surface area contributed by atoms with Crippen LogP contribution in [0.4, 0.5) is 23.4 Å². The standard InChI is InChI=1S/C34H28F4N6O4/c1-2-42-31-27(29(41-44(31)24-9-4-3-5-10-24)33(47)43-15-16-48-19-25(43)18-39)26(20-11-13-23(35)14-12-20)28(32(42)46)40-30(45)21-7-6-8-22(17-21)34(36,37)38/h3-14,17,25-26,28H,2,15-16,19H2,1H3,(H,40,45)/t25-,26+,28+/m1/s1. The molecule has 3 amide bonds. The van der Waals surface area contributed by atoms with Gasteiger partial charge in [0.2, 0.25) is 0 Å². The Morgan fingerprint density at radius 2 is 1.79 bits per heavy atom. The lowest BCUT2D eigenvalue weighted by atomic mass is 9.80. The molecule has 10 nitrogen and oxygen atoms in total. The van der Waals surface area contributed by atoms with Gasteiger partial charge < -0.3 is 15.0 Å². The summed E-state index contributed by atoms with van der Waals surface area (Å²) in [7, 11) is 0. The van der Waals surface area contributed by atoms with Crippen LogP contribution >= 0.6 is 0 Å². The first-order valence-corrected chi connectivity index (χ1v) is 15.0. The molecule has 246 valence electrons. The van der Waals surface area contributed by atoms with Gasteiger partial charge in [-0.2, -0.15) is 23.5 Å². The zero-order valence-corrected chi connectivity index (χ0v) is 25.4. The Morgan fingerprint density at radius 1 is 1.06 bits per heavy atom. The third-order valence-corrected chi connectivity index (χ3v) is 8.35. The number of benzene rings is 3. The van der Waals surface area contributed by atoms with Crippen molar-refractivity contribution in [3.05, 3.63) is 113 Å². The van der Waals surface area contributed by atoms with E-state index in [4.69, 9.17) is 9.84 Å². The Kier molecular flexibility index (Phi) is 8.72. The van der Waals surface area contributed by atoms with Crippen LogP contribution in [0, 0.1) is 17.1 Å². The van der Waals surface area contributed by atoms with Crippen LogP contribution in [0.2, 0.25) is 0 Å². The fourth-order valence-corrected chi connectivity index (χ4v) is 6.09. The fraction of sp³-hybridized carbons (Fsp3) is 0.265. The van der Waals surface area contributed by atoms with E-state index in [0.29, 0.717) is 17.3 Å². The highest BCUT2D eigenvalue weighted by Gasteiger charge is 2.48. The molecule has 0 spiro atoms. The molecule has 2 aliphatic rings. The maximum Gasteiger partial charge on any atom is 0.416 e. The van der Waals surface area contributed by atoms with Crippen LogP contribution in [0.3, 0.4) is 0 Å². The lowest BCUT2D eigenvalue weighted by molar-refractivity contribution is -0.137. The van der Waals surface area contributed by atoms with Crippen LogP contribution in [0.1, 0.15) is 50.4 Å². The summed E-state index contributed by atoms with van der Waals surface area (Å²) in [6, 6.07) is 17.3. The van der Waals surface area contributed by atoms with Crippen molar-refractivity contribution in [1.29, 1.82) is 5.26 Å². The van der Waals surface area contributed by atoms with Crippen molar-refractivity contribution in [2.45, 2.75) is 31.1 Å².